The maximum Gasteiger partial charge on any atom is 0.259 e. The minimum Gasteiger partial charge on any atom is -0.493 e. The maximum atomic E-state index is 12.8. The lowest BCUT2D eigenvalue weighted by molar-refractivity contribution is 0.102. The van der Waals surface area contributed by atoms with Crippen molar-refractivity contribution in [3.8, 4) is 17.2 Å². The van der Waals surface area contributed by atoms with Crippen molar-refractivity contribution >= 4 is 22.7 Å². The number of rotatable bonds is 7. The Labute approximate surface area is 175 Å². The van der Waals surface area contributed by atoms with Crippen LogP contribution in [0.5, 0.6) is 5.75 Å². The fourth-order valence-electron chi connectivity index (χ4n) is 3.24. The summed E-state index contributed by atoms with van der Waals surface area (Å²) in [5.41, 5.74) is 4.58. The van der Waals surface area contributed by atoms with Crippen molar-refractivity contribution in [3.05, 3.63) is 77.9 Å². The van der Waals surface area contributed by atoms with E-state index in [-0.39, 0.29) is 5.91 Å². The van der Waals surface area contributed by atoms with E-state index in [9.17, 15) is 4.79 Å². The van der Waals surface area contributed by atoms with Crippen LogP contribution in [0.2, 0.25) is 0 Å². The zero-order chi connectivity index (χ0) is 20.9. The molecule has 0 bridgehead atoms. The van der Waals surface area contributed by atoms with Crippen molar-refractivity contribution in [1.29, 1.82) is 0 Å². The van der Waals surface area contributed by atoms with E-state index in [0.717, 1.165) is 24.0 Å². The smallest absolute Gasteiger partial charge is 0.259 e. The molecule has 5 heteroatoms. The van der Waals surface area contributed by atoms with Gasteiger partial charge in [-0.15, -0.1) is 0 Å². The highest BCUT2D eigenvalue weighted by Gasteiger charge is 2.14. The van der Waals surface area contributed by atoms with Gasteiger partial charge in [0.25, 0.3) is 5.91 Å². The summed E-state index contributed by atoms with van der Waals surface area (Å²) in [6.07, 6.45) is 1.98. The third-order valence-corrected chi connectivity index (χ3v) is 4.91. The molecule has 0 aliphatic carbocycles. The summed E-state index contributed by atoms with van der Waals surface area (Å²) in [6.45, 7) is 4.72. The number of hydrogen-bond donors (Lipinski definition) is 1. The third kappa shape index (κ3) is 4.20. The Balaban J connectivity index is 1.56. The maximum absolute atomic E-state index is 12.8. The quantitative estimate of drug-likeness (QED) is 0.373. The number of fused-ring (bicyclic) bond motifs is 1. The number of hydrogen-bond acceptors (Lipinski definition) is 4. The van der Waals surface area contributed by atoms with E-state index in [1.807, 2.05) is 67.6 Å². The van der Waals surface area contributed by atoms with Crippen molar-refractivity contribution in [2.45, 2.75) is 26.7 Å². The number of carbonyl (C=O) groups excluding carboxylic acids is 1. The van der Waals surface area contributed by atoms with E-state index in [2.05, 4.69) is 17.2 Å². The molecule has 152 valence electrons. The van der Waals surface area contributed by atoms with Crippen molar-refractivity contribution in [2.75, 3.05) is 11.9 Å². The normalized spacial score (nSPS) is 10.9. The minimum atomic E-state index is -0.218. The number of carbonyl (C=O) groups is 1. The van der Waals surface area contributed by atoms with E-state index < -0.39 is 0 Å². The van der Waals surface area contributed by atoms with Crippen molar-refractivity contribution < 1.29 is 13.9 Å². The number of aryl methyl sites for hydroxylation is 1. The number of unbranched alkanes of at least 4 members (excludes halogenated alkanes) is 1. The van der Waals surface area contributed by atoms with Crippen LogP contribution in [0.25, 0.3) is 22.6 Å². The van der Waals surface area contributed by atoms with Crippen molar-refractivity contribution in [1.82, 2.24) is 4.98 Å². The summed E-state index contributed by atoms with van der Waals surface area (Å²) in [6, 6.07) is 20.7. The first-order valence-corrected chi connectivity index (χ1v) is 10.2. The Bertz CT molecular complexity index is 1180. The number of nitrogens with one attached hydrogen (secondary N) is 1. The van der Waals surface area contributed by atoms with E-state index in [1.165, 1.54) is 0 Å². The number of aromatic nitrogens is 1. The molecule has 1 N–H and O–H groups in total. The fourth-order valence-corrected chi connectivity index (χ4v) is 3.24. The fraction of sp³-hybridized carbons (Fsp3) is 0.200. The number of oxazole rings is 1. The molecule has 0 aliphatic rings. The van der Waals surface area contributed by atoms with Crippen LogP contribution < -0.4 is 10.1 Å². The average Bonchev–Trinajstić information content (AvgIpc) is 3.17. The Morgan fingerprint density at radius 3 is 2.70 bits per heavy atom. The monoisotopic (exact) mass is 400 g/mol. The van der Waals surface area contributed by atoms with Gasteiger partial charge in [-0.1, -0.05) is 43.7 Å². The average molecular weight is 400 g/mol. The molecule has 0 spiro atoms. The highest BCUT2D eigenvalue weighted by atomic mass is 16.5. The first-order chi connectivity index (χ1) is 14.7. The van der Waals surface area contributed by atoms with Gasteiger partial charge < -0.3 is 14.5 Å². The van der Waals surface area contributed by atoms with Crippen LogP contribution in [0.15, 0.2) is 71.1 Å². The number of ether oxygens (including phenoxy) is 1. The van der Waals surface area contributed by atoms with Crippen molar-refractivity contribution in [3.63, 3.8) is 0 Å². The van der Waals surface area contributed by atoms with Crippen LogP contribution >= 0.6 is 0 Å². The summed E-state index contributed by atoms with van der Waals surface area (Å²) >= 11 is 0. The second kappa shape index (κ2) is 8.82. The third-order valence-electron chi connectivity index (χ3n) is 4.91. The molecule has 1 heterocycles. The Morgan fingerprint density at radius 2 is 1.87 bits per heavy atom. The molecular weight excluding hydrogens is 376 g/mol. The van der Waals surface area contributed by atoms with Gasteiger partial charge >= 0.3 is 0 Å². The van der Waals surface area contributed by atoms with E-state index >= 15 is 0 Å². The number of para-hydroxylation sites is 1. The van der Waals surface area contributed by atoms with Crippen LogP contribution in [-0.2, 0) is 0 Å². The Morgan fingerprint density at radius 1 is 1.07 bits per heavy atom. The number of nitrogens with zero attached hydrogens (tertiary/aromatic N) is 1. The lowest BCUT2D eigenvalue weighted by Crippen LogP contribution is -2.13. The summed E-state index contributed by atoms with van der Waals surface area (Å²) in [7, 11) is 0. The van der Waals surface area contributed by atoms with Gasteiger partial charge in [0.05, 0.1) is 12.2 Å². The molecule has 0 radical (unpaired) electrons. The predicted octanol–water partition coefficient (Wildman–Crippen LogP) is 6.23. The molecule has 0 fully saturated rings. The van der Waals surface area contributed by atoms with Gasteiger partial charge in [-0.25, -0.2) is 4.98 Å². The van der Waals surface area contributed by atoms with Gasteiger partial charge in [-0.05, 0) is 55.3 Å². The van der Waals surface area contributed by atoms with Crippen LogP contribution in [0.1, 0.15) is 35.7 Å². The molecule has 0 atom stereocenters. The topological polar surface area (TPSA) is 64.4 Å². The van der Waals surface area contributed by atoms with E-state index in [4.69, 9.17) is 9.15 Å². The van der Waals surface area contributed by atoms with E-state index in [0.29, 0.717) is 40.6 Å². The van der Waals surface area contributed by atoms with Crippen LogP contribution in [0.3, 0.4) is 0 Å². The molecule has 0 unspecified atom stereocenters. The highest BCUT2D eigenvalue weighted by Crippen LogP contribution is 2.28. The molecule has 1 aromatic heterocycles. The van der Waals surface area contributed by atoms with Gasteiger partial charge in [0.2, 0.25) is 5.89 Å². The van der Waals surface area contributed by atoms with Crippen LogP contribution in [-0.4, -0.2) is 17.5 Å². The van der Waals surface area contributed by atoms with Gasteiger partial charge in [-0.2, -0.15) is 0 Å². The summed E-state index contributed by atoms with van der Waals surface area (Å²) < 4.78 is 11.7. The lowest BCUT2D eigenvalue weighted by atomic mass is 10.1. The lowest BCUT2D eigenvalue weighted by Gasteiger charge is -2.11. The van der Waals surface area contributed by atoms with Gasteiger partial charge in [0.15, 0.2) is 5.58 Å². The molecular formula is C25H24N2O3. The predicted molar refractivity (Wildman–Crippen MR) is 119 cm³/mol. The molecule has 4 aromatic rings. The molecule has 1 amide bonds. The first-order valence-electron chi connectivity index (χ1n) is 10.2. The van der Waals surface area contributed by atoms with Crippen LogP contribution in [0.4, 0.5) is 5.69 Å². The SMILES string of the molecule is CCCCOc1ccccc1C(=O)Nc1ccc2oc(-c3ccccc3C)nc2c1. The molecule has 0 saturated heterocycles. The number of anilines is 1. The second-order valence-electron chi connectivity index (χ2n) is 7.17. The standard InChI is InChI=1S/C25H24N2O3/c1-3-4-15-29-22-12-8-7-11-20(22)24(28)26-18-13-14-23-21(16-18)27-25(30-23)19-10-6-5-9-17(19)2/h5-14,16H,3-4,15H2,1-2H3,(H,26,28). The Hall–Kier alpha value is -3.60. The van der Waals surface area contributed by atoms with Crippen molar-refractivity contribution in [2.24, 2.45) is 0 Å². The minimum absolute atomic E-state index is 0.218. The second-order valence-corrected chi connectivity index (χ2v) is 7.17. The highest BCUT2D eigenvalue weighted by molar-refractivity contribution is 6.06. The molecule has 3 aromatic carbocycles. The summed E-state index contributed by atoms with van der Waals surface area (Å²) in [5.74, 6) is 0.943. The zero-order valence-corrected chi connectivity index (χ0v) is 17.1. The van der Waals surface area contributed by atoms with Gasteiger partial charge in [-0.3, -0.25) is 4.79 Å². The molecule has 0 aliphatic heterocycles. The van der Waals surface area contributed by atoms with Gasteiger partial charge in [0, 0.05) is 11.3 Å². The molecule has 0 saturated carbocycles. The van der Waals surface area contributed by atoms with Crippen LogP contribution in [0, 0.1) is 6.92 Å². The van der Waals surface area contributed by atoms with E-state index in [1.54, 1.807) is 6.07 Å². The number of amides is 1. The number of benzene rings is 3. The van der Waals surface area contributed by atoms with Gasteiger partial charge in [0.1, 0.15) is 11.3 Å². The molecule has 4 rings (SSSR count). The first kappa shape index (κ1) is 19.7. The summed E-state index contributed by atoms with van der Waals surface area (Å²) in [4.78, 5) is 17.4. The summed E-state index contributed by atoms with van der Waals surface area (Å²) in [5, 5.41) is 2.94. The molecule has 30 heavy (non-hydrogen) atoms. The Kier molecular flexibility index (Phi) is 5.80. The molecule has 5 nitrogen and oxygen atoms in total. The zero-order valence-electron chi connectivity index (χ0n) is 17.1. The largest absolute Gasteiger partial charge is 0.493 e.